The molecule has 3 aromatic rings. The molecule has 0 radical (unpaired) electrons. The number of carbonyl (C=O) groups is 3. The second kappa shape index (κ2) is 12.1. The van der Waals surface area contributed by atoms with Crippen LogP contribution in [0.15, 0.2) is 42.9 Å². The minimum absolute atomic E-state index is 0.267. The number of Topliss-reactive ketones (excluding diaryl/α,β-unsaturated/α-hetero) is 2. The third-order valence-corrected chi connectivity index (χ3v) is 5.32. The third-order valence-electron chi connectivity index (χ3n) is 5.04. The van der Waals surface area contributed by atoms with Crippen LogP contribution in [0.4, 0.5) is 60.0 Å². The Kier molecular flexibility index (Phi) is 9.13. The number of hydrogen-bond donors (Lipinski definition) is 4. The van der Waals surface area contributed by atoms with E-state index in [9.17, 15) is 40.7 Å². The first-order valence-corrected chi connectivity index (χ1v) is 11.4. The first-order valence-electron chi connectivity index (χ1n) is 11.0. The molecule has 1 aromatic carbocycles. The Morgan fingerprint density at radius 3 is 2.20 bits per heavy atom. The topological polar surface area (TPSA) is 138 Å². The lowest BCUT2D eigenvalue weighted by atomic mass is 10.0. The summed E-state index contributed by atoms with van der Waals surface area (Å²) < 4.78 is 67.0. The number of anilines is 5. The molecule has 4 rings (SSSR count). The number of benzene rings is 1. The van der Waals surface area contributed by atoms with Crippen LogP contribution in [-0.2, 0) is 22.4 Å². The van der Waals surface area contributed by atoms with E-state index in [4.69, 9.17) is 11.6 Å². The number of fused-ring (bicyclic) bond motifs is 6. The van der Waals surface area contributed by atoms with Gasteiger partial charge in [-0.25, -0.2) is 9.78 Å². The Morgan fingerprint density at radius 1 is 0.900 bits per heavy atom. The highest BCUT2D eigenvalue weighted by molar-refractivity contribution is 6.41. The van der Waals surface area contributed by atoms with Crippen molar-refractivity contribution in [3.8, 4) is 0 Å². The van der Waals surface area contributed by atoms with Crippen LogP contribution in [0.5, 0.6) is 0 Å². The van der Waals surface area contributed by atoms with Crippen molar-refractivity contribution in [2.24, 2.45) is 0 Å². The van der Waals surface area contributed by atoms with Crippen LogP contribution in [0.1, 0.15) is 11.1 Å². The van der Waals surface area contributed by atoms with Gasteiger partial charge in [0.2, 0.25) is 5.95 Å². The molecule has 1 aliphatic heterocycles. The molecule has 0 unspecified atom stereocenters. The maximum absolute atomic E-state index is 11.8. The molecular weight excluding hydrogens is 572 g/mol. The highest BCUT2D eigenvalue weighted by atomic mass is 35.5. The minimum Gasteiger partial charge on any atom is -0.341 e. The minimum atomic E-state index is -5.77. The lowest BCUT2D eigenvalue weighted by Gasteiger charge is -2.14. The SMILES string of the molecule is CNC(=O)Nc1ccc2cc1CCc1cncc(c1)Nc1ncc(Cl)c(n1)N2.O=C(C(=O)C(F)(F)F)C(F)(F)F. The first-order chi connectivity index (χ1) is 18.7. The normalized spacial score (nSPS) is 12.5. The standard InChI is InChI=1S/C19H18ClN7O.C4F6O2/c1-21-19(28)26-16-5-4-13-7-12(16)3-2-11-6-14(9-22-8-11)25-18-23-10-15(20)17(24-13)27-18;5-3(6,7)1(11)2(12)4(8,9)10/h4-10H,2-3H2,1H3,(H2,21,26,28)(H2,23,24,25,27);. The predicted octanol–water partition coefficient (Wildman–Crippen LogP) is 5.11. The average molecular weight is 590 g/mol. The zero-order valence-corrected chi connectivity index (χ0v) is 20.9. The Balaban J connectivity index is 0.000000312. The number of halogens is 7. The van der Waals surface area contributed by atoms with Crippen LogP contribution < -0.4 is 21.3 Å². The number of amides is 2. The molecular formula is C23H18ClF6N7O3. The van der Waals surface area contributed by atoms with Crippen molar-refractivity contribution in [1.29, 1.82) is 0 Å². The molecule has 10 nitrogen and oxygen atoms in total. The molecule has 0 saturated heterocycles. The van der Waals surface area contributed by atoms with Crippen molar-refractivity contribution in [2.45, 2.75) is 25.2 Å². The van der Waals surface area contributed by atoms with Gasteiger partial charge in [-0.05, 0) is 48.2 Å². The van der Waals surface area contributed by atoms with Crippen molar-refractivity contribution < 1.29 is 40.7 Å². The van der Waals surface area contributed by atoms with Crippen molar-refractivity contribution >= 4 is 58.0 Å². The average Bonchev–Trinajstić information content (AvgIpc) is 2.89. The van der Waals surface area contributed by atoms with E-state index >= 15 is 0 Å². The molecule has 4 N–H and O–H groups in total. The van der Waals surface area contributed by atoms with Crippen molar-refractivity contribution in [1.82, 2.24) is 20.3 Å². The lowest BCUT2D eigenvalue weighted by molar-refractivity contribution is -0.193. The van der Waals surface area contributed by atoms with E-state index in [2.05, 4.69) is 36.2 Å². The number of urea groups is 1. The summed E-state index contributed by atoms with van der Waals surface area (Å²) in [7, 11) is 1.58. The number of nitrogens with zero attached hydrogens (tertiary/aromatic N) is 3. The zero-order valence-electron chi connectivity index (χ0n) is 20.2. The van der Waals surface area contributed by atoms with Gasteiger partial charge in [0.05, 0.1) is 18.1 Å². The molecule has 0 fully saturated rings. The molecule has 3 heterocycles. The number of aromatic nitrogens is 3. The number of pyridine rings is 1. The molecule has 0 aliphatic carbocycles. The molecule has 1 aliphatic rings. The van der Waals surface area contributed by atoms with Crippen molar-refractivity contribution in [3.05, 3.63) is 59.0 Å². The van der Waals surface area contributed by atoms with Crippen LogP contribution in [0.2, 0.25) is 5.02 Å². The summed E-state index contributed by atoms with van der Waals surface area (Å²) in [6.45, 7) is 0. The molecule has 17 heteroatoms. The third kappa shape index (κ3) is 8.02. The summed E-state index contributed by atoms with van der Waals surface area (Å²) >= 11 is 6.26. The molecule has 2 amide bonds. The molecule has 0 saturated carbocycles. The number of aryl methyl sites for hydroxylation is 2. The fourth-order valence-corrected chi connectivity index (χ4v) is 3.33. The molecule has 40 heavy (non-hydrogen) atoms. The largest absolute Gasteiger partial charge is 0.458 e. The van der Waals surface area contributed by atoms with E-state index in [0.29, 0.717) is 16.8 Å². The summed E-state index contributed by atoms with van der Waals surface area (Å²) in [4.78, 5) is 44.0. The van der Waals surface area contributed by atoms with E-state index in [1.807, 2.05) is 30.5 Å². The summed E-state index contributed by atoms with van der Waals surface area (Å²) in [5.41, 5.74) is 4.39. The molecule has 2 aromatic heterocycles. The van der Waals surface area contributed by atoms with Gasteiger partial charge in [-0.3, -0.25) is 14.6 Å². The van der Waals surface area contributed by atoms with Crippen molar-refractivity contribution in [2.75, 3.05) is 23.0 Å². The number of hydrogen-bond acceptors (Lipinski definition) is 8. The first kappa shape index (κ1) is 30.1. The van der Waals surface area contributed by atoms with Gasteiger partial charge in [-0.15, -0.1) is 0 Å². The Labute approximate surface area is 226 Å². The summed E-state index contributed by atoms with van der Waals surface area (Å²) in [6.07, 6.45) is -4.98. The number of ketones is 2. The highest BCUT2D eigenvalue weighted by Gasteiger charge is 2.54. The molecule has 212 valence electrons. The Morgan fingerprint density at radius 2 is 1.57 bits per heavy atom. The number of nitrogens with one attached hydrogen (secondary N) is 4. The van der Waals surface area contributed by atoms with Gasteiger partial charge in [0.15, 0.2) is 5.82 Å². The van der Waals surface area contributed by atoms with Gasteiger partial charge in [0.25, 0.3) is 0 Å². The maximum Gasteiger partial charge on any atom is 0.458 e. The Hall–Kier alpha value is -4.47. The van der Waals surface area contributed by atoms with Crippen molar-refractivity contribution in [3.63, 3.8) is 0 Å². The van der Waals surface area contributed by atoms with E-state index in [0.717, 1.165) is 41.0 Å². The molecule has 0 atom stereocenters. The lowest BCUT2D eigenvalue weighted by Crippen LogP contribution is -2.39. The number of alkyl halides is 6. The van der Waals surface area contributed by atoms with Gasteiger partial charge < -0.3 is 21.3 Å². The Bertz CT molecular complexity index is 1410. The number of carbonyl (C=O) groups excluding carboxylic acids is 3. The maximum atomic E-state index is 11.8. The molecule has 0 spiro atoms. The van der Waals surface area contributed by atoms with E-state index < -0.39 is 23.9 Å². The van der Waals surface area contributed by atoms with Gasteiger partial charge >= 0.3 is 30.0 Å². The van der Waals surface area contributed by atoms with Crippen LogP contribution in [0.25, 0.3) is 0 Å². The van der Waals surface area contributed by atoms with E-state index in [1.165, 1.54) is 0 Å². The van der Waals surface area contributed by atoms with Crippen LogP contribution in [-0.4, -0.2) is 51.9 Å². The van der Waals surface area contributed by atoms with Gasteiger partial charge in [-0.1, -0.05) is 11.6 Å². The smallest absolute Gasteiger partial charge is 0.341 e. The summed E-state index contributed by atoms with van der Waals surface area (Å²) in [5.74, 6) is -5.91. The fraction of sp³-hybridized carbons (Fsp3) is 0.217. The zero-order chi connectivity index (χ0) is 29.7. The van der Waals surface area contributed by atoms with Crippen LogP contribution in [0.3, 0.4) is 0 Å². The van der Waals surface area contributed by atoms with E-state index in [1.54, 1.807) is 19.4 Å². The van der Waals surface area contributed by atoms with Gasteiger partial charge in [0, 0.05) is 24.6 Å². The van der Waals surface area contributed by atoms with Crippen LogP contribution in [0, 0.1) is 0 Å². The molecule has 6 bridgehead atoms. The fourth-order valence-electron chi connectivity index (χ4n) is 3.20. The monoisotopic (exact) mass is 589 g/mol. The number of rotatable bonds is 2. The predicted molar refractivity (Wildman–Crippen MR) is 132 cm³/mol. The quantitative estimate of drug-likeness (QED) is 0.239. The van der Waals surface area contributed by atoms with Gasteiger partial charge in [0.1, 0.15) is 5.02 Å². The van der Waals surface area contributed by atoms with Gasteiger partial charge in [-0.2, -0.15) is 31.3 Å². The van der Waals surface area contributed by atoms with Crippen LogP contribution >= 0.6 is 11.6 Å². The summed E-state index contributed by atoms with van der Waals surface area (Å²) in [5, 5.41) is 12.2. The highest BCUT2D eigenvalue weighted by Crippen LogP contribution is 2.29. The second-order valence-corrected chi connectivity index (χ2v) is 8.36. The van der Waals surface area contributed by atoms with E-state index in [-0.39, 0.29) is 6.03 Å². The second-order valence-electron chi connectivity index (χ2n) is 7.95. The summed E-state index contributed by atoms with van der Waals surface area (Å²) in [6, 6.07) is 7.44.